The van der Waals surface area contributed by atoms with E-state index in [1.165, 1.54) is 12.8 Å². The molecule has 1 N–H and O–H groups in total. The van der Waals surface area contributed by atoms with Crippen LogP contribution in [0.5, 0.6) is 5.75 Å². The van der Waals surface area contributed by atoms with Gasteiger partial charge in [-0.2, -0.15) is 0 Å². The zero-order valence-corrected chi connectivity index (χ0v) is 17.6. The molecule has 1 aliphatic carbocycles. The van der Waals surface area contributed by atoms with Crippen LogP contribution in [0, 0.1) is 11.8 Å². The van der Waals surface area contributed by atoms with Crippen LogP contribution in [0.2, 0.25) is 0 Å². The Morgan fingerprint density at radius 1 is 1.32 bits per heavy atom. The van der Waals surface area contributed by atoms with E-state index in [1.54, 1.807) is 6.20 Å². The fourth-order valence-corrected chi connectivity index (χ4v) is 4.84. The third kappa shape index (κ3) is 4.17. The number of halogens is 2. The smallest absolute Gasteiger partial charge is 0.258 e. The van der Waals surface area contributed by atoms with Crippen LogP contribution in [0.25, 0.3) is 10.9 Å². The SMILES string of the molecule is CC1CCCC(NC(=O)COc2c(Br)cc(Br)c3cccnc23)C1C. The molecule has 25 heavy (non-hydrogen) atoms. The summed E-state index contributed by atoms with van der Waals surface area (Å²) in [4.78, 5) is 16.8. The van der Waals surface area contributed by atoms with Crippen molar-refractivity contribution < 1.29 is 9.53 Å². The monoisotopic (exact) mass is 468 g/mol. The van der Waals surface area contributed by atoms with E-state index in [0.29, 0.717) is 17.6 Å². The second-order valence-corrected chi connectivity index (χ2v) is 8.51. The van der Waals surface area contributed by atoms with Crippen LogP contribution in [0.3, 0.4) is 0 Å². The summed E-state index contributed by atoms with van der Waals surface area (Å²) >= 11 is 7.04. The van der Waals surface area contributed by atoms with E-state index in [4.69, 9.17) is 4.74 Å². The number of nitrogens with zero attached hydrogens (tertiary/aromatic N) is 1. The molecule has 4 nitrogen and oxygen atoms in total. The number of nitrogens with one attached hydrogen (secondary N) is 1. The van der Waals surface area contributed by atoms with Crippen molar-refractivity contribution in [3.05, 3.63) is 33.3 Å². The van der Waals surface area contributed by atoms with E-state index < -0.39 is 0 Å². The Bertz CT molecular complexity index is 781. The van der Waals surface area contributed by atoms with Crippen LogP contribution in [0.4, 0.5) is 0 Å². The summed E-state index contributed by atoms with van der Waals surface area (Å²) in [7, 11) is 0. The van der Waals surface area contributed by atoms with Crippen LogP contribution >= 0.6 is 31.9 Å². The highest BCUT2D eigenvalue weighted by atomic mass is 79.9. The molecule has 1 heterocycles. The lowest BCUT2D eigenvalue weighted by Gasteiger charge is -2.34. The summed E-state index contributed by atoms with van der Waals surface area (Å²) in [5.74, 6) is 1.66. The Morgan fingerprint density at radius 3 is 2.92 bits per heavy atom. The molecule has 0 radical (unpaired) electrons. The molecule has 2 aromatic rings. The van der Waals surface area contributed by atoms with Gasteiger partial charge in [-0.15, -0.1) is 0 Å². The summed E-state index contributed by atoms with van der Waals surface area (Å²) in [6, 6.07) is 6.00. The summed E-state index contributed by atoms with van der Waals surface area (Å²) in [6.07, 6.45) is 5.18. The number of rotatable bonds is 4. The maximum Gasteiger partial charge on any atom is 0.258 e. The van der Waals surface area contributed by atoms with Crippen molar-refractivity contribution in [2.45, 2.75) is 39.2 Å². The molecule has 3 unspecified atom stereocenters. The molecule has 0 spiro atoms. The lowest BCUT2D eigenvalue weighted by molar-refractivity contribution is -0.124. The average molecular weight is 470 g/mol. The Kier molecular flexibility index (Phi) is 6.00. The van der Waals surface area contributed by atoms with Gasteiger partial charge in [0.15, 0.2) is 12.4 Å². The fourth-order valence-electron chi connectivity index (χ4n) is 3.46. The van der Waals surface area contributed by atoms with E-state index in [9.17, 15) is 4.79 Å². The lowest BCUT2D eigenvalue weighted by Crippen LogP contribution is -2.45. The maximum atomic E-state index is 12.4. The molecule has 1 amide bonds. The molecule has 3 rings (SSSR count). The van der Waals surface area contributed by atoms with Crippen molar-refractivity contribution in [1.82, 2.24) is 10.3 Å². The molecular weight excluding hydrogens is 448 g/mol. The number of carbonyl (C=O) groups excluding carboxylic acids is 1. The van der Waals surface area contributed by atoms with Crippen molar-refractivity contribution in [3.63, 3.8) is 0 Å². The molecule has 1 fully saturated rings. The molecule has 134 valence electrons. The number of benzene rings is 1. The standard InChI is InChI=1S/C19H22Br2N2O2/c1-11-5-3-7-16(12(11)2)23-17(24)10-25-19-15(21)9-14(20)13-6-4-8-22-18(13)19/h4,6,8-9,11-12,16H,3,5,7,10H2,1-2H3,(H,23,24). The van der Waals surface area contributed by atoms with Crippen LogP contribution in [0.1, 0.15) is 33.1 Å². The van der Waals surface area contributed by atoms with Crippen LogP contribution < -0.4 is 10.1 Å². The predicted octanol–water partition coefficient (Wildman–Crippen LogP) is 5.08. The summed E-state index contributed by atoms with van der Waals surface area (Å²) in [5, 5.41) is 4.09. The predicted molar refractivity (Wildman–Crippen MR) is 107 cm³/mol. The first-order valence-electron chi connectivity index (χ1n) is 8.62. The first-order chi connectivity index (χ1) is 12.0. The largest absolute Gasteiger partial charge is 0.480 e. The molecule has 1 saturated carbocycles. The molecule has 1 aromatic heterocycles. The summed E-state index contributed by atoms with van der Waals surface area (Å²) < 4.78 is 7.54. The van der Waals surface area contributed by atoms with E-state index in [2.05, 4.69) is 56.0 Å². The summed E-state index contributed by atoms with van der Waals surface area (Å²) in [6.45, 7) is 4.47. The third-order valence-electron chi connectivity index (χ3n) is 5.15. The van der Waals surface area contributed by atoms with E-state index in [-0.39, 0.29) is 18.6 Å². The van der Waals surface area contributed by atoms with E-state index in [0.717, 1.165) is 26.3 Å². The molecule has 0 saturated heterocycles. The molecule has 1 aromatic carbocycles. The highest BCUT2D eigenvalue weighted by Gasteiger charge is 2.28. The number of carbonyl (C=O) groups is 1. The first-order valence-corrected chi connectivity index (χ1v) is 10.2. The minimum Gasteiger partial charge on any atom is -0.480 e. The topological polar surface area (TPSA) is 51.2 Å². The zero-order valence-electron chi connectivity index (χ0n) is 14.4. The number of pyridine rings is 1. The molecule has 3 atom stereocenters. The highest BCUT2D eigenvalue weighted by Crippen LogP contribution is 2.37. The minimum absolute atomic E-state index is 0.0104. The van der Waals surface area contributed by atoms with E-state index >= 15 is 0 Å². The quantitative estimate of drug-likeness (QED) is 0.679. The van der Waals surface area contributed by atoms with Gasteiger partial charge in [0, 0.05) is 22.1 Å². The lowest BCUT2D eigenvalue weighted by atomic mass is 9.78. The number of hydrogen-bond acceptors (Lipinski definition) is 3. The number of fused-ring (bicyclic) bond motifs is 1. The highest BCUT2D eigenvalue weighted by molar-refractivity contribution is 9.11. The maximum absolute atomic E-state index is 12.4. The second-order valence-electron chi connectivity index (χ2n) is 6.80. The normalized spacial score (nSPS) is 23.4. The van der Waals surface area contributed by atoms with Crippen molar-refractivity contribution in [2.75, 3.05) is 6.61 Å². The second kappa shape index (κ2) is 8.04. The Labute approximate surface area is 165 Å². The number of ether oxygens (including phenoxy) is 1. The molecule has 1 aliphatic rings. The van der Waals surface area contributed by atoms with Gasteiger partial charge in [-0.05, 0) is 46.3 Å². The van der Waals surface area contributed by atoms with Gasteiger partial charge in [0.05, 0.1) is 4.47 Å². The number of amides is 1. The fraction of sp³-hybridized carbons (Fsp3) is 0.474. The number of aromatic nitrogens is 1. The van der Waals surface area contributed by atoms with Gasteiger partial charge in [0.1, 0.15) is 5.52 Å². The van der Waals surface area contributed by atoms with Gasteiger partial charge < -0.3 is 10.1 Å². The van der Waals surface area contributed by atoms with Crippen LogP contribution in [-0.4, -0.2) is 23.5 Å². The van der Waals surface area contributed by atoms with Crippen molar-refractivity contribution in [3.8, 4) is 5.75 Å². The van der Waals surface area contributed by atoms with Gasteiger partial charge in [0.25, 0.3) is 5.91 Å². The first kappa shape index (κ1) is 18.6. The Balaban J connectivity index is 1.69. The van der Waals surface area contributed by atoms with Gasteiger partial charge >= 0.3 is 0 Å². The van der Waals surface area contributed by atoms with Crippen molar-refractivity contribution in [2.24, 2.45) is 11.8 Å². The van der Waals surface area contributed by atoms with Gasteiger partial charge in [0.2, 0.25) is 0 Å². The van der Waals surface area contributed by atoms with Gasteiger partial charge in [-0.3, -0.25) is 9.78 Å². The van der Waals surface area contributed by atoms with Crippen molar-refractivity contribution >= 4 is 48.7 Å². The number of hydrogen-bond donors (Lipinski definition) is 1. The molecular formula is C19H22Br2N2O2. The third-order valence-corrected chi connectivity index (χ3v) is 6.40. The van der Waals surface area contributed by atoms with Crippen LogP contribution in [0.15, 0.2) is 33.3 Å². The summed E-state index contributed by atoms with van der Waals surface area (Å²) in [5.41, 5.74) is 0.733. The zero-order chi connectivity index (χ0) is 18.0. The average Bonchev–Trinajstić information content (AvgIpc) is 2.59. The van der Waals surface area contributed by atoms with Crippen LogP contribution in [-0.2, 0) is 4.79 Å². The van der Waals surface area contributed by atoms with Crippen molar-refractivity contribution in [1.29, 1.82) is 0 Å². The molecule has 0 bridgehead atoms. The molecule has 0 aliphatic heterocycles. The Hall–Kier alpha value is -1.14. The Morgan fingerprint density at radius 2 is 2.12 bits per heavy atom. The van der Waals surface area contributed by atoms with E-state index in [1.807, 2.05) is 18.2 Å². The molecule has 6 heteroatoms. The van der Waals surface area contributed by atoms with Gasteiger partial charge in [-0.25, -0.2) is 0 Å². The van der Waals surface area contributed by atoms with Gasteiger partial charge in [-0.1, -0.05) is 48.7 Å². The minimum atomic E-state index is -0.0788.